The Labute approximate surface area is 140 Å². The van der Waals surface area contributed by atoms with Crippen molar-refractivity contribution in [2.24, 2.45) is 5.92 Å². The number of amides is 1. The van der Waals surface area contributed by atoms with Crippen molar-refractivity contribution in [2.45, 2.75) is 19.4 Å². The lowest BCUT2D eigenvalue weighted by atomic mass is 10.0. The third-order valence-corrected chi connectivity index (χ3v) is 4.87. The molecule has 0 saturated carbocycles. The van der Waals surface area contributed by atoms with Gasteiger partial charge in [-0.1, -0.05) is 18.2 Å². The summed E-state index contributed by atoms with van der Waals surface area (Å²) in [5, 5.41) is 0. The number of carbonyl (C=O) groups is 1. The molecule has 2 aromatic rings. The van der Waals surface area contributed by atoms with E-state index < -0.39 is 0 Å². The summed E-state index contributed by atoms with van der Waals surface area (Å²) in [5.41, 5.74) is 2.60. The van der Waals surface area contributed by atoms with E-state index in [0.29, 0.717) is 18.9 Å². The lowest BCUT2D eigenvalue weighted by Crippen LogP contribution is -2.38. The minimum atomic E-state index is -0.0434. The fourth-order valence-corrected chi connectivity index (χ4v) is 3.69. The lowest BCUT2D eigenvalue weighted by molar-refractivity contribution is -0.117. The first-order chi connectivity index (χ1) is 11.7. The van der Waals surface area contributed by atoms with Crippen molar-refractivity contribution < 1.29 is 4.79 Å². The zero-order valence-corrected chi connectivity index (χ0v) is 13.4. The molecular weight excluding hydrogens is 304 g/mol. The Hall–Kier alpha value is -2.47. The molecule has 6 heteroatoms. The Balaban J connectivity index is 1.43. The van der Waals surface area contributed by atoms with Gasteiger partial charge in [-0.15, -0.1) is 0 Å². The van der Waals surface area contributed by atoms with Crippen molar-refractivity contribution in [3.8, 4) is 0 Å². The topological polar surface area (TPSA) is 69.3 Å². The Bertz CT molecular complexity index is 802. The highest BCUT2D eigenvalue weighted by Gasteiger charge is 2.32. The number of fused-ring (bicyclic) bond motifs is 1. The molecule has 1 N–H and O–H groups in total. The van der Waals surface area contributed by atoms with Crippen molar-refractivity contribution in [1.82, 2.24) is 14.9 Å². The van der Waals surface area contributed by atoms with Crippen molar-refractivity contribution in [3.63, 3.8) is 0 Å². The molecule has 4 rings (SSSR count). The number of aromatic amines is 1. The van der Waals surface area contributed by atoms with E-state index in [2.05, 4.69) is 14.9 Å². The molecule has 0 aliphatic carbocycles. The van der Waals surface area contributed by atoms with Gasteiger partial charge in [0.15, 0.2) is 0 Å². The van der Waals surface area contributed by atoms with Crippen molar-refractivity contribution in [2.75, 3.05) is 24.5 Å². The summed E-state index contributed by atoms with van der Waals surface area (Å²) in [6, 6.07) is 9.82. The first kappa shape index (κ1) is 15.1. The molecule has 1 amide bonds. The van der Waals surface area contributed by atoms with Crippen LogP contribution in [-0.2, 0) is 17.8 Å². The van der Waals surface area contributed by atoms with E-state index in [0.717, 1.165) is 43.0 Å². The van der Waals surface area contributed by atoms with Crippen LogP contribution in [0.3, 0.4) is 0 Å². The van der Waals surface area contributed by atoms with Gasteiger partial charge >= 0.3 is 0 Å². The SMILES string of the molecule is O=C1C[C@H](CN2CCc3nc[nH]c(=O)c3C2)CN1c1ccccc1. The molecule has 6 nitrogen and oxygen atoms in total. The Kier molecular flexibility index (Phi) is 3.90. The van der Waals surface area contributed by atoms with Gasteiger partial charge in [0, 0.05) is 44.7 Å². The second kappa shape index (κ2) is 6.20. The maximum atomic E-state index is 12.3. The largest absolute Gasteiger partial charge is 0.313 e. The van der Waals surface area contributed by atoms with Crippen LogP contribution in [0.1, 0.15) is 17.7 Å². The van der Waals surface area contributed by atoms with Crippen LogP contribution < -0.4 is 10.5 Å². The molecule has 2 aliphatic rings. The van der Waals surface area contributed by atoms with Gasteiger partial charge in [0.1, 0.15) is 0 Å². The van der Waals surface area contributed by atoms with E-state index in [-0.39, 0.29) is 11.5 Å². The highest BCUT2D eigenvalue weighted by molar-refractivity contribution is 5.95. The van der Waals surface area contributed by atoms with Crippen LogP contribution in [-0.4, -0.2) is 40.4 Å². The molecule has 1 aromatic heterocycles. The number of H-pyrrole nitrogens is 1. The fourth-order valence-electron chi connectivity index (χ4n) is 3.69. The maximum absolute atomic E-state index is 12.3. The summed E-state index contributed by atoms with van der Waals surface area (Å²) >= 11 is 0. The Morgan fingerprint density at radius 1 is 1.21 bits per heavy atom. The zero-order chi connectivity index (χ0) is 16.5. The fraction of sp³-hybridized carbons (Fsp3) is 0.389. The first-order valence-corrected chi connectivity index (χ1v) is 8.34. The number of carbonyl (C=O) groups excluding carboxylic acids is 1. The average molecular weight is 324 g/mol. The molecule has 0 bridgehead atoms. The number of aromatic nitrogens is 2. The summed E-state index contributed by atoms with van der Waals surface area (Å²) in [5.74, 6) is 0.484. The Morgan fingerprint density at radius 3 is 2.88 bits per heavy atom. The number of nitrogens with zero attached hydrogens (tertiary/aromatic N) is 3. The van der Waals surface area contributed by atoms with E-state index in [1.807, 2.05) is 35.2 Å². The highest BCUT2D eigenvalue weighted by atomic mass is 16.2. The van der Waals surface area contributed by atoms with Crippen LogP contribution in [0, 0.1) is 5.92 Å². The van der Waals surface area contributed by atoms with Gasteiger partial charge in [0.2, 0.25) is 5.91 Å². The summed E-state index contributed by atoms with van der Waals surface area (Å²) in [6.07, 6.45) is 2.84. The van der Waals surface area contributed by atoms with Gasteiger partial charge in [-0.25, -0.2) is 4.98 Å². The van der Waals surface area contributed by atoms with Gasteiger partial charge in [-0.3, -0.25) is 14.5 Å². The quantitative estimate of drug-likeness (QED) is 0.920. The molecule has 1 saturated heterocycles. The standard InChI is InChI=1S/C18H20N4O2/c23-17-8-13(10-22(17)14-4-2-1-3-5-14)9-21-7-6-16-15(11-21)18(24)20-12-19-16/h1-5,12-13H,6-11H2,(H,19,20,24)/t13-/m1/s1. The molecule has 2 aliphatic heterocycles. The third kappa shape index (κ3) is 2.85. The summed E-state index contributed by atoms with van der Waals surface area (Å²) in [7, 11) is 0. The molecule has 1 fully saturated rings. The van der Waals surface area contributed by atoms with Crippen molar-refractivity contribution in [3.05, 3.63) is 58.3 Å². The van der Waals surface area contributed by atoms with Gasteiger partial charge < -0.3 is 9.88 Å². The summed E-state index contributed by atoms with van der Waals surface area (Å²) < 4.78 is 0. The van der Waals surface area contributed by atoms with E-state index in [9.17, 15) is 9.59 Å². The number of hydrogen-bond donors (Lipinski definition) is 1. The number of rotatable bonds is 3. The molecule has 0 radical (unpaired) electrons. The van der Waals surface area contributed by atoms with E-state index >= 15 is 0 Å². The third-order valence-electron chi connectivity index (χ3n) is 4.87. The smallest absolute Gasteiger partial charge is 0.255 e. The number of hydrogen-bond acceptors (Lipinski definition) is 4. The predicted octanol–water partition coefficient (Wildman–Crippen LogP) is 1.18. The second-order valence-electron chi connectivity index (χ2n) is 6.55. The van der Waals surface area contributed by atoms with Crippen LogP contribution in [0.2, 0.25) is 0 Å². The zero-order valence-electron chi connectivity index (χ0n) is 13.4. The second-order valence-corrected chi connectivity index (χ2v) is 6.55. The number of benzene rings is 1. The first-order valence-electron chi connectivity index (χ1n) is 8.34. The molecule has 24 heavy (non-hydrogen) atoms. The molecule has 124 valence electrons. The number of nitrogens with one attached hydrogen (secondary N) is 1. The maximum Gasteiger partial charge on any atom is 0.255 e. The molecule has 1 aromatic carbocycles. The van der Waals surface area contributed by atoms with Crippen LogP contribution in [0.5, 0.6) is 0 Å². The molecule has 1 atom stereocenters. The van der Waals surface area contributed by atoms with Crippen LogP contribution in [0.4, 0.5) is 5.69 Å². The average Bonchev–Trinajstić information content (AvgIpc) is 2.97. The van der Waals surface area contributed by atoms with Crippen LogP contribution in [0.25, 0.3) is 0 Å². The monoisotopic (exact) mass is 324 g/mol. The van der Waals surface area contributed by atoms with E-state index in [4.69, 9.17) is 0 Å². The summed E-state index contributed by atoms with van der Waals surface area (Å²) in [4.78, 5) is 35.3. The normalized spacial score (nSPS) is 21.1. The molecule has 0 spiro atoms. The molecule has 0 unspecified atom stereocenters. The molecular formula is C18H20N4O2. The minimum absolute atomic E-state index is 0.0434. The van der Waals surface area contributed by atoms with Gasteiger partial charge in [-0.2, -0.15) is 0 Å². The van der Waals surface area contributed by atoms with Crippen LogP contribution in [0.15, 0.2) is 41.5 Å². The lowest BCUT2D eigenvalue weighted by Gasteiger charge is -2.29. The van der Waals surface area contributed by atoms with Gasteiger partial charge in [-0.05, 0) is 18.1 Å². The Morgan fingerprint density at radius 2 is 2.04 bits per heavy atom. The van der Waals surface area contributed by atoms with Crippen LogP contribution >= 0.6 is 0 Å². The molecule has 3 heterocycles. The van der Waals surface area contributed by atoms with Crippen molar-refractivity contribution in [1.29, 1.82) is 0 Å². The van der Waals surface area contributed by atoms with Gasteiger partial charge in [0.25, 0.3) is 5.56 Å². The van der Waals surface area contributed by atoms with Crippen molar-refractivity contribution >= 4 is 11.6 Å². The van der Waals surface area contributed by atoms with E-state index in [1.165, 1.54) is 6.33 Å². The minimum Gasteiger partial charge on any atom is -0.313 e. The predicted molar refractivity (Wildman–Crippen MR) is 90.7 cm³/mol. The van der Waals surface area contributed by atoms with E-state index in [1.54, 1.807) is 0 Å². The summed E-state index contributed by atoms with van der Waals surface area (Å²) in [6.45, 7) is 3.09. The number of para-hydroxylation sites is 1. The van der Waals surface area contributed by atoms with Gasteiger partial charge in [0.05, 0.1) is 17.6 Å². The number of anilines is 1. The highest BCUT2D eigenvalue weighted by Crippen LogP contribution is 2.26.